The molecule has 0 spiro atoms. The summed E-state index contributed by atoms with van der Waals surface area (Å²) >= 11 is 0. The molecule has 1 aliphatic rings. The normalized spacial score (nSPS) is 13.8. The molecule has 0 aliphatic heterocycles. The van der Waals surface area contributed by atoms with Crippen LogP contribution in [0.15, 0.2) is 48.5 Å². The van der Waals surface area contributed by atoms with Gasteiger partial charge in [-0.3, -0.25) is 9.59 Å². The molecule has 0 aromatic heterocycles. The average Bonchev–Trinajstić information content (AvgIpc) is 2.54. The first kappa shape index (κ1) is 17.0. The zero-order valence-electron chi connectivity index (χ0n) is 14.0. The Bertz CT molecular complexity index is 769. The fourth-order valence-electron chi connectivity index (χ4n) is 2.77. The van der Waals surface area contributed by atoms with Crippen molar-refractivity contribution < 1.29 is 14.7 Å². The first-order valence-corrected chi connectivity index (χ1v) is 8.55. The van der Waals surface area contributed by atoms with Crippen LogP contribution in [-0.2, 0) is 22.6 Å². The van der Waals surface area contributed by atoms with Crippen molar-refractivity contribution in [3.8, 4) is 5.75 Å². The molecule has 2 aromatic carbocycles. The highest BCUT2D eigenvalue weighted by Gasteiger charge is 2.25. The van der Waals surface area contributed by atoms with E-state index in [0.717, 1.165) is 30.5 Å². The highest BCUT2D eigenvalue weighted by atomic mass is 16.3. The fraction of sp³-hybridized carbons (Fsp3) is 0.300. The molecule has 0 saturated heterocycles. The lowest BCUT2D eigenvalue weighted by atomic mass is 9.85. The number of hydrogen-bond acceptors (Lipinski definition) is 3. The van der Waals surface area contributed by atoms with Gasteiger partial charge in [-0.25, -0.2) is 0 Å². The number of rotatable bonds is 6. The third kappa shape index (κ3) is 4.59. The number of amides is 2. The van der Waals surface area contributed by atoms with E-state index in [1.165, 1.54) is 0 Å². The number of benzene rings is 2. The minimum absolute atomic E-state index is 0.0759. The van der Waals surface area contributed by atoms with Gasteiger partial charge in [-0.1, -0.05) is 36.8 Å². The molecule has 1 saturated carbocycles. The van der Waals surface area contributed by atoms with Gasteiger partial charge in [0.25, 0.3) is 0 Å². The van der Waals surface area contributed by atoms with Gasteiger partial charge in [0.2, 0.25) is 11.8 Å². The van der Waals surface area contributed by atoms with Crippen LogP contribution in [-0.4, -0.2) is 16.9 Å². The molecule has 0 heterocycles. The Labute approximate surface area is 147 Å². The molecule has 0 unspecified atom stereocenters. The molecular formula is C20H22N2O3. The summed E-state index contributed by atoms with van der Waals surface area (Å²) in [4.78, 5) is 24.0. The molecule has 0 bridgehead atoms. The molecule has 2 aromatic rings. The second kappa shape index (κ2) is 7.83. The molecule has 0 atom stereocenters. The largest absolute Gasteiger partial charge is 0.508 e. The van der Waals surface area contributed by atoms with Crippen molar-refractivity contribution >= 4 is 17.5 Å². The van der Waals surface area contributed by atoms with Crippen LogP contribution >= 0.6 is 0 Å². The van der Waals surface area contributed by atoms with Crippen molar-refractivity contribution in [2.45, 2.75) is 32.2 Å². The number of aromatic hydroxyl groups is 1. The predicted octanol–water partition coefficient (Wildman–Crippen LogP) is 2.99. The molecule has 2 amide bonds. The molecule has 1 fully saturated rings. The van der Waals surface area contributed by atoms with Crippen molar-refractivity contribution in [2.24, 2.45) is 5.92 Å². The standard InChI is InChI=1S/C20H22N2O3/c23-18-10-2-1-6-16(18)12-19(24)21-13-14-5-3-9-17(11-14)22-20(25)15-7-4-8-15/h1-3,5-6,9-11,15,23H,4,7-8,12-13H2,(H,21,24)(H,22,25). The van der Waals surface area contributed by atoms with Crippen LogP contribution in [0.25, 0.3) is 0 Å². The minimum Gasteiger partial charge on any atom is -0.508 e. The topological polar surface area (TPSA) is 78.4 Å². The number of carbonyl (C=O) groups is 2. The monoisotopic (exact) mass is 338 g/mol. The van der Waals surface area contributed by atoms with Crippen LogP contribution in [0.1, 0.15) is 30.4 Å². The molecule has 3 rings (SSSR count). The molecular weight excluding hydrogens is 316 g/mol. The summed E-state index contributed by atoms with van der Waals surface area (Å²) in [5.41, 5.74) is 2.27. The summed E-state index contributed by atoms with van der Waals surface area (Å²) in [7, 11) is 0. The Morgan fingerprint density at radius 2 is 1.88 bits per heavy atom. The van der Waals surface area contributed by atoms with E-state index in [1.54, 1.807) is 24.3 Å². The smallest absolute Gasteiger partial charge is 0.227 e. The van der Waals surface area contributed by atoms with Gasteiger partial charge < -0.3 is 15.7 Å². The second-order valence-electron chi connectivity index (χ2n) is 6.40. The second-order valence-corrected chi connectivity index (χ2v) is 6.40. The molecule has 3 N–H and O–H groups in total. The highest BCUT2D eigenvalue weighted by molar-refractivity contribution is 5.93. The Kier molecular flexibility index (Phi) is 5.33. The van der Waals surface area contributed by atoms with Crippen LogP contribution in [0.5, 0.6) is 5.75 Å². The van der Waals surface area contributed by atoms with Crippen molar-refractivity contribution in [2.75, 3.05) is 5.32 Å². The summed E-state index contributed by atoms with van der Waals surface area (Å²) in [6.45, 7) is 0.375. The number of anilines is 1. The van der Waals surface area contributed by atoms with E-state index in [-0.39, 0.29) is 29.9 Å². The van der Waals surface area contributed by atoms with Crippen LogP contribution in [0.4, 0.5) is 5.69 Å². The molecule has 5 nitrogen and oxygen atoms in total. The van der Waals surface area contributed by atoms with Gasteiger partial charge in [-0.05, 0) is 36.6 Å². The molecule has 25 heavy (non-hydrogen) atoms. The number of phenols is 1. The number of nitrogens with one attached hydrogen (secondary N) is 2. The molecule has 1 aliphatic carbocycles. The van der Waals surface area contributed by atoms with Gasteiger partial charge in [-0.2, -0.15) is 0 Å². The van der Waals surface area contributed by atoms with E-state index < -0.39 is 0 Å². The van der Waals surface area contributed by atoms with Crippen molar-refractivity contribution in [3.05, 3.63) is 59.7 Å². The Morgan fingerprint density at radius 3 is 2.60 bits per heavy atom. The minimum atomic E-state index is -0.162. The van der Waals surface area contributed by atoms with E-state index in [0.29, 0.717) is 12.1 Å². The van der Waals surface area contributed by atoms with E-state index in [2.05, 4.69) is 10.6 Å². The van der Waals surface area contributed by atoms with E-state index in [1.807, 2.05) is 24.3 Å². The summed E-state index contributed by atoms with van der Waals surface area (Å²) in [5, 5.41) is 15.5. The van der Waals surface area contributed by atoms with Gasteiger partial charge in [0, 0.05) is 23.7 Å². The van der Waals surface area contributed by atoms with E-state index >= 15 is 0 Å². The van der Waals surface area contributed by atoms with Gasteiger partial charge in [0.15, 0.2) is 0 Å². The number of phenolic OH excluding ortho intramolecular Hbond substituents is 1. The lowest BCUT2D eigenvalue weighted by Gasteiger charge is -2.24. The van der Waals surface area contributed by atoms with Gasteiger partial charge in [0.1, 0.15) is 5.75 Å². The zero-order valence-corrected chi connectivity index (χ0v) is 14.0. The van der Waals surface area contributed by atoms with Crippen LogP contribution < -0.4 is 10.6 Å². The highest BCUT2D eigenvalue weighted by Crippen LogP contribution is 2.27. The van der Waals surface area contributed by atoms with E-state index in [9.17, 15) is 14.7 Å². The summed E-state index contributed by atoms with van der Waals surface area (Å²) in [5.74, 6) is 0.178. The third-order valence-electron chi connectivity index (χ3n) is 4.50. The molecule has 0 radical (unpaired) electrons. The first-order chi connectivity index (χ1) is 12.1. The predicted molar refractivity (Wildman–Crippen MR) is 96.1 cm³/mol. The number of para-hydroxylation sites is 1. The maximum absolute atomic E-state index is 12.0. The summed E-state index contributed by atoms with van der Waals surface area (Å²) in [6.07, 6.45) is 3.19. The molecule has 5 heteroatoms. The fourth-order valence-corrected chi connectivity index (χ4v) is 2.77. The van der Waals surface area contributed by atoms with Crippen molar-refractivity contribution in [1.82, 2.24) is 5.32 Å². The van der Waals surface area contributed by atoms with Gasteiger partial charge in [0.05, 0.1) is 6.42 Å². The maximum atomic E-state index is 12.0. The average molecular weight is 338 g/mol. The lowest BCUT2D eigenvalue weighted by molar-refractivity contribution is -0.122. The maximum Gasteiger partial charge on any atom is 0.227 e. The lowest BCUT2D eigenvalue weighted by Crippen LogP contribution is -2.28. The van der Waals surface area contributed by atoms with Crippen molar-refractivity contribution in [1.29, 1.82) is 0 Å². The Morgan fingerprint density at radius 1 is 1.08 bits per heavy atom. The van der Waals surface area contributed by atoms with Gasteiger partial charge in [-0.15, -0.1) is 0 Å². The molecule has 130 valence electrons. The quantitative estimate of drug-likeness (QED) is 0.758. The van der Waals surface area contributed by atoms with Crippen LogP contribution in [0.3, 0.4) is 0 Å². The Balaban J connectivity index is 1.52. The van der Waals surface area contributed by atoms with Crippen molar-refractivity contribution in [3.63, 3.8) is 0 Å². The van der Waals surface area contributed by atoms with Gasteiger partial charge >= 0.3 is 0 Å². The van der Waals surface area contributed by atoms with Crippen LogP contribution in [0, 0.1) is 5.92 Å². The number of hydrogen-bond donors (Lipinski definition) is 3. The Hall–Kier alpha value is -2.82. The summed E-state index contributed by atoms with van der Waals surface area (Å²) in [6, 6.07) is 14.3. The van der Waals surface area contributed by atoms with E-state index in [4.69, 9.17) is 0 Å². The third-order valence-corrected chi connectivity index (χ3v) is 4.50. The summed E-state index contributed by atoms with van der Waals surface area (Å²) < 4.78 is 0. The first-order valence-electron chi connectivity index (χ1n) is 8.55. The zero-order chi connectivity index (χ0) is 17.6. The SMILES string of the molecule is O=C(Cc1ccccc1O)NCc1cccc(NC(=O)C2CCC2)c1. The number of carbonyl (C=O) groups excluding carboxylic acids is 2. The van der Waals surface area contributed by atoms with Crippen LogP contribution in [0.2, 0.25) is 0 Å².